The zero-order valence-corrected chi connectivity index (χ0v) is 29.3. The summed E-state index contributed by atoms with van der Waals surface area (Å²) in [6.45, 7) is 0. The summed E-state index contributed by atoms with van der Waals surface area (Å²) in [5.41, 5.74) is 7.67. The smallest absolute Gasteiger partial charge is 0.264 e. The Morgan fingerprint density at radius 1 is 0.436 bits per heavy atom. The molecule has 4 aromatic heterocycles. The lowest BCUT2D eigenvalue weighted by atomic mass is 9.95. The van der Waals surface area contributed by atoms with Crippen molar-refractivity contribution in [3.63, 3.8) is 0 Å². The third-order valence-electron chi connectivity index (χ3n) is 11.1. The third-order valence-corrected chi connectivity index (χ3v) is 11.1. The topological polar surface area (TPSA) is 65.8 Å². The summed E-state index contributed by atoms with van der Waals surface area (Å²) in [5, 5.41) is 9.45. The van der Waals surface area contributed by atoms with Crippen LogP contribution in [0.15, 0.2) is 179 Å². The van der Waals surface area contributed by atoms with Crippen molar-refractivity contribution in [2.45, 2.75) is 0 Å². The first-order valence-corrected chi connectivity index (χ1v) is 18.4. The fraction of sp³-hybridized carbons (Fsp3) is 0. The average Bonchev–Trinajstić information content (AvgIpc) is 3.79. The van der Waals surface area contributed by atoms with E-state index < -0.39 is 0 Å². The molecule has 0 aliphatic heterocycles. The van der Waals surface area contributed by atoms with Crippen molar-refractivity contribution in [1.82, 2.24) is 19.1 Å². The molecular weight excluding hydrogens is 677 g/mol. The largest absolute Gasteiger partial charge is 0.456 e. The van der Waals surface area contributed by atoms with Crippen LogP contribution in [-0.2, 0) is 0 Å². The molecule has 0 N–H and O–H groups in total. The van der Waals surface area contributed by atoms with Gasteiger partial charge >= 0.3 is 0 Å². The molecule has 0 aliphatic carbocycles. The lowest BCUT2D eigenvalue weighted by Gasteiger charge is -2.17. The molecule has 4 heterocycles. The molecule has 12 rings (SSSR count). The lowest BCUT2D eigenvalue weighted by molar-refractivity contribution is 0.669. The van der Waals surface area contributed by atoms with Gasteiger partial charge in [0, 0.05) is 43.3 Å². The number of hydrogen-bond donors (Lipinski definition) is 0. The highest BCUT2D eigenvalue weighted by Crippen LogP contribution is 2.44. The monoisotopic (exact) mass is 704 g/mol. The molecule has 0 radical (unpaired) electrons. The summed E-state index contributed by atoms with van der Waals surface area (Å²) in [6.07, 6.45) is 0. The first-order chi connectivity index (χ1) is 27.2. The van der Waals surface area contributed by atoms with Gasteiger partial charge in [-0.15, -0.1) is 0 Å². The first-order valence-electron chi connectivity index (χ1n) is 18.4. The molecule has 0 amide bonds. The molecule has 0 fully saturated rings. The van der Waals surface area contributed by atoms with E-state index in [2.05, 4.69) is 89.5 Å². The maximum Gasteiger partial charge on any atom is 0.264 e. The molecule has 6 heteroatoms. The zero-order chi connectivity index (χ0) is 36.2. The van der Waals surface area contributed by atoms with Crippen LogP contribution in [0.25, 0.3) is 110 Å². The van der Waals surface area contributed by atoms with Crippen LogP contribution in [-0.4, -0.2) is 19.1 Å². The van der Waals surface area contributed by atoms with Gasteiger partial charge < -0.3 is 4.42 Å². The Balaban J connectivity index is 1.29. The molecule has 55 heavy (non-hydrogen) atoms. The van der Waals surface area contributed by atoms with E-state index in [1.54, 1.807) is 0 Å². The first kappa shape index (κ1) is 29.9. The quantitative estimate of drug-likeness (QED) is 0.172. The minimum atomic E-state index is -0.0971. The molecule has 6 nitrogen and oxygen atoms in total. The predicted octanol–water partition coefficient (Wildman–Crippen LogP) is 11.9. The minimum Gasteiger partial charge on any atom is -0.456 e. The van der Waals surface area contributed by atoms with Crippen molar-refractivity contribution in [2.75, 3.05) is 0 Å². The van der Waals surface area contributed by atoms with Crippen molar-refractivity contribution in [1.29, 1.82) is 0 Å². The number of hydrogen-bond acceptors (Lipinski definition) is 4. The van der Waals surface area contributed by atoms with Crippen LogP contribution < -0.4 is 5.56 Å². The molecule has 8 aromatic carbocycles. The Morgan fingerprint density at radius 3 is 1.80 bits per heavy atom. The maximum absolute atomic E-state index is 15.5. The molecule has 0 spiro atoms. The molecule has 0 aliphatic rings. The maximum atomic E-state index is 15.5. The summed E-state index contributed by atoms with van der Waals surface area (Å²) in [4.78, 5) is 26.2. The molecule has 0 saturated carbocycles. The predicted molar refractivity (Wildman–Crippen MR) is 225 cm³/mol. The number of aromatic nitrogens is 4. The van der Waals surface area contributed by atoms with Gasteiger partial charge in [0.15, 0.2) is 0 Å². The van der Waals surface area contributed by atoms with Gasteiger partial charge in [0.1, 0.15) is 11.2 Å². The van der Waals surface area contributed by atoms with E-state index in [0.717, 1.165) is 98.7 Å². The molecule has 0 saturated heterocycles. The Kier molecular flexibility index (Phi) is 6.11. The van der Waals surface area contributed by atoms with Crippen molar-refractivity contribution in [2.24, 2.45) is 0 Å². The third kappa shape index (κ3) is 4.16. The lowest BCUT2D eigenvalue weighted by Crippen LogP contribution is -2.20. The second kappa shape index (κ2) is 11.2. The highest BCUT2D eigenvalue weighted by Gasteiger charge is 2.25. The second-order valence-corrected chi connectivity index (χ2v) is 14.1. The minimum absolute atomic E-state index is 0.0971. The summed E-state index contributed by atoms with van der Waals surface area (Å²) in [6, 6.07) is 57.4. The van der Waals surface area contributed by atoms with Gasteiger partial charge in [-0.25, -0.2) is 9.97 Å². The number of benzene rings is 8. The van der Waals surface area contributed by atoms with Gasteiger partial charge in [0.05, 0.1) is 38.8 Å². The van der Waals surface area contributed by atoms with Crippen molar-refractivity contribution >= 4 is 87.1 Å². The van der Waals surface area contributed by atoms with Crippen LogP contribution in [0.1, 0.15) is 0 Å². The van der Waals surface area contributed by atoms with E-state index in [4.69, 9.17) is 14.4 Å². The van der Waals surface area contributed by atoms with Crippen LogP contribution in [0.5, 0.6) is 0 Å². The molecule has 0 unspecified atom stereocenters. The van der Waals surface area contributed by atoms with E-state index in [-0.39, 0.29) is 5.56 Å². The van der Waals surface area contributed by atoms with Crippen LogP contribution in [0, 0.1) is 0 Å². The standard InChI is InChI=1S/C49H28N4O2/c54-48-45-33-18-5-4-17-32(33)43-35-20-7-12-24-40(35)53(49-50-38-22-10-6-19-34(38)46(51-49)29-14-2-1-3-15-29)47(43)44(45)36-21-8-11-23-39(36)52(48)30-26-27-42-37(28-30)31-16-9-13-25-41(31)55-42/h1-28H. The highest BCUT2D eigenvalue weighted by molar-refractivity contribution is 6.36. The number of pyridine rings is 1. The van der Waals surface area contributed by atoms with Gasteiger partial charge in [-0.3, -0.25) is 13.9 Å². The fourth-order valence-corrected chi connectivity index (χ4v) is 8.80. The number of rotatable bonds is 3. The van der Waals surface area contributed by atoms with Gasteiger partial charge in [0.2, 0.25) is 5.95 Å². The van der Waals surface area contributed by atoms with Crippen molar-refractivity contribution in [3.8, 4) is 22.9 Å². The molecule has 0 atom stereocenters. The van der Waals surface area contributed by atoms with Gasteiger partial charge in [0.25, 0.3) is 5.56 Å². The van der Waals surface area contributed by atoms with Gasteiger partial charge in [-0.05, 0) is 53.2 Å². The zero-order valence-electron chi connectivity index (χ0n) is 29.3. The van der Waals surface area contributed by atoms with Gasteiger partial charge in [-0.1, -0.05) is 127 Å². The number of furan rings is 1. The van der Waals surface area contributed by atoms with Crippen LogP contribution in [0.3, 0.4) is 0 Å². The summed E-state index contributed by atoms with van der Waals surface area (Å²) in [7, 11) is 0. The Bertz CT molecular complexity index is 3630. The van der Waals surface area contributed by atoms with Crippen LogP contribution in [0.4, 0.5) is 0 Å². The summed E-state index contributed by atoms with van der Waals surface area (Å²) in [5.74, 6) is 0.547. The average molecular weight is 705 g/mol. The van der Waals surface area contributed by atoms with Crippen molar-refractivity contribution in [3.05, 3.63) is 180 Å². The number of para-hydroxylation sites is 4. The van der Waals surface area contributed by atoms with E-state index >= 15 is 4.79 Å². The molecule has 0 bridgehead atoms. The van der Waals surface area contributed by atoms with E-state index in [9.17, 15) is 0 Å². The SMILES string of the molecule is O=c1c2c3ccccc3c3c4ccccc4n(-c4nc(-c5ccccc5)c5ccccc5n4)c3c2c2ccccc2n1-c1ccc2oc3ccccc3c2c1. The van der Waals surface area contributed by atoms with Gasteiger partial charge in [-0.2, -0.15) is 0 Å². The fourth-order valence-electron chi connectivity index (χ4n) is 8.80. The molecule has 256 valence electrons. The van der Waals surface area contributed by atoms with Crippen LogP contribution >= 0.6 is 0 Å². The number of nitrogens with zero attached hydrogens (tertiary/aromatic N) is 4. The highest BCUT2D eigenvalue weighted by atomic mass is 16.3. The van der Waals surface area contributed by atoms with Crippen LogP contribution in [0.2, 0.25) is 0 Å². The summed E-state index contributed by atoms with van der Waals surface area (Å²) < 4.78 is 10.2. The van der Waals surface area contributed by atoms with Crippen molar-refractivity contribution < 1.29 is 4.42 Å². The van der Waals surface area contributed by atoms with E-state index in [1.165, 1.54) is 0 Å². The van der Waals surface area contributed by atoms with E-state index in [1.807, 2.05) is 89.5 Å². The Labute approximate surface area is 312 Å². The van der Waals surface area contributed by atoms with E-state index in [0.29, 0.717) is 11.3 Å². The summed E-state index contributed by atoms with van der Waals surface area (Å²) >= 11 is 0. The Hall–Kier alpha value is -7.57. The number of fused-ring (bicyclic) bond motifs is 14. The molecule has 12 aromatic rings. The second-order valence-electron chi connectivity index (χ2n) is 14.1. The molecular formula is C49H28N4O2. The normalized spacial score (nSPS) is 12.1. The Morgan fingerprint density at radius 2 is 1.02 bits per heavy atom.